The lowest BCUT2D eigenvalue weighted by Crippen LogP contribution is -2.13. The maximum atomic E-state index is 13.7. The van der Waals surface area contributed by atoms with E-state index in [-0.39, 0.29) is 6.04 Å². The van der Waals surface area contributed by atoms with Crippen LogP contribution in [0.3, 0.4) is 0 Å². The Hall–Kier alpha value is -1.30. The van der Waals surface area contributed by atoms with Crippen molar-refractivity contribution in [3.63, 3.8) is 0 Å². The molecular weight excluding hydrogens is 356 g/mol. The van der Waals surface area contributed by atoms with Crippen molar-refractivity contribution in [2.75, 3.05) is 0 Å². The fraction of sp³-hybridized carbons (Fsp3) is 0.125. The SMILES string of the molecule is NC(Cc1ccc(F)cc1F)c1csc2c(Br)cccc12. The fourth-order valence-electron chi connectivity index (χ4n) is 2.36. The zero-order valence-electron chi connectivity index (χ0n) is 10.9. The molecule has 3 aromatic rings. The van der Waals surface area contributed by atoms with Gasteiger partial charge >= 0.3 is 0 Å². The van der Waals surface area contributed by atoms with E-state index in [1.54, 1.807) is 11.3 Å². The summed E-state index contributed by atoms with van der Waals surface area (Å²) in [6.07, 6.45) is 0.338. The molecule has 0 spiro atoms. The Labute approximate surface area is 133 Å². The third kappa shape index (κ3) is 2.86. The van der Waals surface area contributed by atoms with Crippen LogP contribution in [0.4, 0.5) is 8.78 Å². The second-order valence-corrected chi connectivity index (χ2v) is 6.59. The fourth-order valence-corrected chi connectivity index (χ4v) is 4.05. The van der Waals surface area contributed by atoms with E-state index in [2.05, 4.69) is 15.9 Å². The van der Waals surface area contributed by atoms with Crippen molar-refractivity contribution in [3.05, 3.63) is 69.0 Å². The van der Waals surface area contributed by atoms with Gasteiger partial charge in [0.2, 0.25) is 0 Å². The van der Waals surface area contributed by atoms with Crippen LogP contribution < -0.4 is 5.73 Å². The second kappa shape index (κ2) is 5.83. The monoisotopic (exact) mass is 367 g/mol. The third-order valence-corrected chi connectivity index (χ3v) is 5.41. The van der Waals surface area contributed by atoms with Gasteiger partial charge in [-0.05, 0) is 56.4 Å². The number of hydrogen-bond acceptors (Lipinski definition) is 2. The largest absolute Gasteiger partial charge is 0.324 e. The summed E-state index contributed by atoms with van der Waals surface area (Å²) in [4.78, 5) is 0. The number of thiophene rings is 1. The quantitative estimate of drug-likeness (QED) is 0.677. The van der Waals surface area contributed by atoms with Crippen molar-refractivity contribution in [2.45, 2.75) is 12.5 Å². The lowest BCUT2D eigenvalue weighted by molar-refractivity contribution is 0.563. The van der Waals surface area contributed by atoms with Gasteiger partial charge in [-0.3, -0.25) is 0 Å². The Morgan fingerprint density at radius 3 is 2.76 bits per heavy atom. The summed E-state index contributed by atoms with van der Waals surface area (Å²) >= 11 is 5.12. The van der Waals surface area contributed by atoms with Crippen molar-refractivity contribution in [1.29, 1.82) is 0 Å². The first-order valence-electron chi connectivity index (χ1n) is 6.41. The van der Waals surface area contributed by atoms with E-state index in [0.29, 0.717) is 12.0 Å². The molecule has 21 heavy (non-hydrogen) atoms. The van der Waals surface area contributed by atoms with Crippen LogP contribution in [0.5, 0.6) is 0 Å². The molecule has 0 radical (unpaired) electrons. The van der Waals surface area contributed by atoms with Crippen LogP contribution >= 0.6 is 27.3 Å². The molecule has 2 aromatic carbocycles. The molecule has 0 bridgehead atoms. The summed E-state index contributed by atoms with van der Waals surface area (Å²) in [6.45, 7) is 0. The Morgan fingerprint density at radius 1 is 1.19 bits per heavy atom. The molecule has 0 saturated carbocycles. The van der Waals surface area contributed by atoms with Gasteiger partial charge < -0.3 is 5.73 Å². The predicted molar refractivity (Wildman–Crippen MR) is 86.5 cm³/mol. The topological polar surface area (TPSA) is 26.0 Å². The summed E-state index contributed by atoms with van der Waals surface area (Å²) in [6, 6.07) is 9.22. The van der Waals surface area contributed by atoms with Gasteiger partial charge in [-0.1, -0.05) is 18.2 Å². The van der Waals surface area contributed by atoms with E-state index < -0.39 is 11.6 Å². The van der Waals surface area contributed by atoms with Crippen LogP contribution in [-0.2, 0) is 6.42 Å². The van der Waals surface area contributed by atoms with E-state index in [4.69, 9.17) is 5.73 Å². The standard InChI is InChI=1S/C16H12BrF2NS/c17-13-3-1-2-11-12(8-21-16(11)13)15(20)6-9-4-5-10(18)7-14(9)19/h1-5,7-8,15H,6,20H2. The first kappa shape index (κ1) is 14.6. The predicted octanol–water partition coefficient (Wildman–Crippen LogP) is 5.18. The van der Waals surface area contributed by atoms with Crippen LogP contribution in [-0.4, -0.2) is 0 Å². The number of nitrogens with two attached hydrogens (primary N) is 1. The van der Waals surface area contributed by atoms with Crippen LogP contribution in [0, 0.1) is 11.6 Å². The minimum Gasteiger partial charge on any atom is -0.324 e. The molecule has 0 aliphatic heterocycles. The van der Waals surface area contributed by atoms with Gasteiger partial charge in [-0.15, -0.1) is 11.3 Å². The zero-order chi connectivity index (χ0) is 15.0. The van der Waals surface area contributed by atoms with E-state index in [0.717, 1.165) is 26.2 Å². The summed E-state index contributed by atoms with van der Waals surface area (Å²) in [7, 11) is 0. The van der Waals surface area contributed by atoms with Gasteiger partial charge in [0.05, 0.1) is 0 Å². The minimum absolute atomic E-state index is 0.326. The Bertz CT molecular complexity index is 800. The van der Waals surface area contributed by atoms with Crippen LogP contribution in [0.2, 0.25) is 0 Å². The molecule has 0 saturated heterocycles. The average Bonchev–Trinajstić information content (AvgIpc) is 2.87. The molecule has 5 heteroatoms. The molecule has 0 amide bonds. The highest BCUT2D eigenvalue weighted by Gasteiger charge is 2.15. The number of halogens is 3. The van der Waals surface area contributed by atoms with Crippen molar-refractivity contribution < 1.29 is 8.78 Å². The molecule has 108 valence electrons. The van der Waals surface area contributed by atoms with Crippen molar-refractivity contribution in [1.82, 2.24) is 0 Å². The summed E-state index contributed by atoms with van der Waals surface area (Å²) in [5.74, 6) is -1.12. The van der Waals surface area contributed by atoms with E-state index in [1.165, 1.54) is 12.1 Å². The molecule has 1 nitrogen and oxygen atoms in total. The van der Waals surface area contributed by atoms with Gasteiger partial charge in [0, 0.05) is 21.3 Å². The molecule has 1 heterocycles. The zero-order valence-corrected chi connectivity index (χ0v) is 13.3. The van der Waals surface area contributed by atoms with Crippen molar-refractivity contribution >= 4 is 37.4 Å². The van der Waals surface area contributed by atoms with Gasteiger partial charge in [0.25, 0.3) is 0 Å². The Morgan fingerprint density at radius 2 is 2.00 bits per heavy atom. The van der Waals surface area contributed by atoms with E-state index in [9.17, 15) is 8.78 Å². The smallest absolute Gasteiger partial charge is 0.129 e. The number of benzene rings is 2. The van der Waals surface area contributed by atoms with Gasteiger partial charge in [0.15, 0.2) is 0 Å². The number of fused-ring (bicyclic) bond motifs is 1. The molecule has 3 rings (SSSR count). The molecule has 0 fully saturated rings. The molecule has 0 aliphatic carbocycles. The molecule has 0 aliphatic rings. The number of rotatable bonds is 3. The normalized spacial score (nSPS) is 12.8. The highest BCUT2D eigenvalue weighted by atomic mass is 79.9. The summed E-state index contributed by atoms with van der Waals surface area (Å²) in [5.41, 5.74) is 7.64. The minimum atomic E-state index is -0.574. The Balaban J connectivity index is 1.94. The average molecular weight is 368 g/mol. The Kier molecular flexibility index (Phi) is 4.06. The first-order chi connectivity index (χ1) is 10.1. The van der Waals surface area contributed by atoms with Gasteiger partial charge in [0.1, 0.15) is 11.6 Å². The molecule has 1 unspecified atom stereocenters. The van der Waals surface area contributed by atoms with Crippen molar-refractivity contribution in [2.24, 2.45) is 5.73 Å². The van der Waals surface area contributed by atoms with Crippen LogP contribution in [0.1, 0.15) is 17.2 Å². The molecular formula is C16H12BrF2NS. The molecule has 1 aromatic heterocycles. The highest BCUT2D eigenvalue weighted by molar-refractivity contribution is 9.10. The van der Waals surface area contributed by atoms with Crippen LogP contribution in [0.15, 0.2) is 46.3 Å². The first-order valence-corrected chi connectivity index (χ1v) is 8.08. The van der Waals surface area contributed by atoms with Gasteiger partial charge in [-0.25, -0.2) is 8.78 Å². The third-order valence-electron chi connectivity index (χ3n) is 3.44. The van der Waals surface area contributed by atoms with Crippen molar-refractivity contribution in [3.8, 4) is 0 Å². The molecule has 2 N–H and O–H groups in total. The summed E-state index contributed by atoms with van der Waals surface area (Å²) < 4.78 is 28.8. The van der Waals surface area contributed by atoms with E-state index >= 15 is 0 Å². The van der Waals surface area contributed by atoms with Crippen LogP contribution in [0.25, 0.3) is 10.1 Å². The van der Waals surface area contributed by atoms with Gasteiger partial charge in [-0.2, -0.15) is 0 Å². The molecule has 1 atom stereocenters. The highest BCUT2D eigenvalue weighted by Crippen LogP contribution is 2.35. The maximum Gasteiger partial charge on any atom is 0.129 e. The lowest BCUT2D eigenvalue weighted by atomic mass is 9.99. The lowest BCUT2D eigenvalue weighted by Gasteiger charge is -2.12. The van der Waals surface area contributed by atoms with E-state index in [1.807, 2.05) is 23.6 Å². The number of hydrogen-bond donors (Lipinski definition) is 1. The second-order valence-electron chi connectivity index (χ2n) is 4.85. The maximum absolute atomic E-state index is 13.7. The summed E-state index contributed by atoms with van der Waals surface area (Å²) in [5, 5.41) is 3.08.